The van der Waals surface area contributed by atoms with Crippen molar-refractivity contribution in [2.24, 2.45) is 5.92 Å². The minimum Gasteiger partial charge on any atom is -0.324 e. The van der Waals surface area contributed by atoms with Crippen LogP contribution in [0.2, 0.25) is 0 Å². The van der Waals surface area contributed by atoms with Crippen molar-refractivity contribution in [1.29, 1.82) is 0 Å². The van der Waals surface area contributed by atoms with Crippen molar-refractivity contribution in [3.8, 4) is 0 Å². The quantitative estimate of drug-likeness (QED) is 0.706. The van der Waals surface area contributed by atoms with Crippen molar-refractivity contribution in [3.63, 3.8) is 0 Å². The molecule has 0 bridgehead atoms. The molecule has 1 fully saturated rings. The third kappa shape index (κ3) is 5.93. The van der Waals surface area contributed by atoms with Crippen LogP contribution in [0.1, 0.15) is 36.5 Å². The normalized spacial score (nSPS) is 13.4. The van der Waals surface area contributed by atoms with Gasteiger partial charge in [0.1, 0.15) is 0 Å². The van der Waals surface area contributed by atoms with Gasteiger partial charge in [0.15, 0.2) is 0 Å². The fourth-order valence-corrected chi connectivity index (χ4v) is 3.12. The number of rotatable bonds is 9. The molecule has 1 saturated carbocycles. The van der Waals surface area contributed by atoms with Gasteiger partial charge in [0.25, 0.3) is 5.91 Å². The number of carbonyl (C=O) groups is 2. The van der Waals surface area contributed by atoms with Crippen molar-refractivity contribution in [1.82, 2.24) is 4.90 Å². The summed E-state index contributed by atoms with van der Waals surface area (Å²) in [6.45, 7) is 4.39. The first kappa shape index (κ1) is 19.1. The number of nitrogens with one attached hydrogen (secondary N) is 2. The smallest absolute Gasteiger partial charge is 0.257 e. The number of benzene rings is 2. The molecule has 2 amide bonds. The summed E-state index contributed by atoms with van der Waals surface area (Å²) < 4.78 is 0. The van der Waals surface area contributed by atoms with Gasteiger partial charge in [-0.25, -0.2) is 0 Å². The molecule has 142 valence electrons. The number of hydrogen-bond donors (Lipinski definition) is 2. The molecule has 5 heteroatoms. The van der Waals surface area contributed by atoms with E-state index >= 15 is 0 Å². The third-order valence-electron chi connectivity index (χ3n) is 4.60. The molecule has 1 aliphatic rings. The van der Waals surface area contributed by atoms with E-state index in [1.807, 2.05) is 36.4 Å². The van der Waals surface area contributed by atoms with Gasteiger partial charge in [-0.05, 0) is 56.0 Å². The summed E-state index contributed by atoms with van der Waals surface area (Å²) in [7, 11) is 0. The monoisotopic (exact) mass is 365 g/mol. The van der Waals surface area contributed by atoms with Gasteiger partial charge in [-0.1, -0.05) is 37.3 Å². The average molecular weight is 365 g/mol. The predicted octanol–water partition coefficient (Wildman–Crippen LogP) is 4.00. The molecule has 0 saturated heterocycles. The van der Waals surface area contributed by atoms with E-state index in [4.69, 9.17) is 0 Å². The van der Waals surface area contributed by atoms with Gasteiger partial charge in [0.05, 0.1) is 17.8 Å². The molecule has 1 aliphatic carbocycles. The van der Waals surface area contributed by atoms with Crippen LogP contribution < -0.4 is 10.6 Å². The lowest BCUT2D eigenvalue weighted by atomic mass is 10.1. The Morgan fingerprint density at radius 3 is 2.41 bits per heavy atom. The second-order valence-corrected chi connectivity index (χ2v) is 7.09. The molecule has 5 nitrogen and oxygen atoms in total. The summed E-state index contributed by atoms with van der Waals surface area (Å²) in [6, 6.07) is 16.4. The summed E-state index contributed by atoms with van der Waals surface area (Å²) in [5.74, 6) is 0.429. The maximum Gasteiger partial charge on any atom is 0.257 e. The van der Waals surface area contributed by atoms with Crippen molar-refractivity contribution < 1.29 is 9.59 Å². The summed E-state index contributed by atoms with van der Waals surface area (Å²) in [5, 5.41) is 5.78. The van der Waals surface area contributed by atoms with E-state index < -0.39 is 0 Å². The van der Waals surface area contributed by atoms with Crippen molar-refractivity contribution in [2.45, 2.75) is 26.2 Å². The van der Waals surface area contributed by atoms with Gasteiger partial charge in [0, 0.05) is 12.2 Å². The zero-order valence-corrected chi connectivity index (χ0v) is 15.8. The minimum atomic E-state index is -0.236. The van der Waals surface area contributed by atoms with E-state index in [0.717, 1.165) is 31.1 Å². The summed E-state index contributed by atoms with van der Waals surface area (Å²) in [6.07, 6.45) is 3.56. The molecule has 2 N–H and O–H groups in total. The number of amides is 2. The van der Waals surface area contributed by atoms with Gasteiger partial charge < -0.3 is 10.6 Å². The Kier molecular flexibility index (Phi) is 6.60. The Labute approximate surface area is 160 Å². The highest BCUT2D eigenvalue weighted by Gasteiger charge is 2.25. The van der Waals surface area contributed by atoms with Crippen LogP contribution in [0.5, 0.6) is 0 Å². The van der Waals surface area contributed by atoms with Crippen LogP contribution in [-0.4, -0.2) is 36.3 Å². The van der Waals surface area contributed by atoms with Crippen LogP contribution >= 0.6 is 0 Å². The Hall–Kier alpha value is -2.66. The van der Waals surface area contributed by atoms with E-state index in [2.05, 4.69) is 22.5 Å². The molecule has 0 spiro atoms. The van der Waals surface area contributed by atoms with Crippen molar-refractivity contribution in [2.75, 3.05) is 30.3 Å². The van der Waals surface area contributed by atoms with E-state index in [1.165, 1.54) is 12.8 Å². The number of nitrogens with zero attached hydrogens (tertiary/aromatic N) is 1. The van der Waals surface area contributed by atoms with Crippen LogP contribution in [-0.2, 0) is 4.79 Å². The average Bonchev–Trinajstić information content (AvgIpc) is 3.47. The Morgan fingerprint density at radius 1 is 1.00 bits per heavy atom. The Balaban J connectivity index is 1.64. The fraction of sp³-hybridized carbons (Fsp3) is 0.364. The first-order valence-electron chi connectivity index (χ1n) is 9.63. The first-order chi connectivity index (χ1) is 13.2. The predicted molar refractivity (Wildman–Crippen MR) is 109 cm³/mol. The van der Waals surface area contributed by atoms with E-state index in [-0.39, 0.29) is 11.8 Å². The minimum absolute atomic E-state index is 0.0796. The third-order valence-corrected chi connectivity index (χ3v) is 4.60. The number of para-hydroxylation sites is 2. The topological polar surface area (TPSA) is 61.4 Å². The molecule has 0 aliphatic heterocycles. The summed E-state index contributed by atoms with van der Waals surface area (Å²) >= 11 is 0. The van der Waals surface area contributed by atoms with Crippen LogP contribution in [0.25, 0.3) is 0 Å². The molecule has 0 radical (unpaired) electrons. The Morgan fingerprint density at radius 2 is 1.70 bits per heavy atom. The number of carbonyl (C=O) groups excluding carboxylic acids is 2. The lowest BCUT2D eigenvalue weighted by Gasteiger charge is -2.21. The summed E-state index contributed by atoms with van der Waals surface area (Å²) in [4.78, 5) is 27.4. The van der Waals surface area contributed by atoms with Gasteiger partial charge in [-0.3, -0.25) is 14.5 Å². The lowest BCUT2D eigenvalue weighted by molar-refractivity contribution is -0.117. The standard InChI is InChI=1S/C22H27N3O2/c1-2-14-25(15-17-12-13-17)16-21(26)24-20-11-7-6-10-19(20)22(27)23-18-8-4-3-5-9-18/h3-11,17H,2,12-16H2,1H3,(H,23,27)(H,24,26). The highest BCUT2D eigenvalue weighted by Crippen LogP contribution is 2.29. The molecule has 2 aromatic rings. The summed E-state index contributed by atoms with van der Waals surface area (Å²) in [5.41, 5.74) is 1.72. The molecule has 3 rings (SSSR count). The second kappa shape index (κ2) is 9.33. The fourth-order valence-electron chi connectivity index (χ4n) is 3.12. The van der Waals surface area contributed by atoms with Crippen molar-refractivity contribution in [3.05, 3.63) is 60.2 Å². The lowest BCUT2D eigenvalue weighted by Crippen LogP contribution is -2.35. The van der Waals surface area contributed by atoms with Crippen LogP contribution in [0.3, 0.4) is 0 Å². The molecule has 2 aromatic carbocycles. The van der Waals surface area contributed by atoms with Gasteiger partial charge >= 0.3 is 0 Å². The molecular weight excluding hydrogens is 338 g/mol. The second-order valence-electron chi connectivity index (χ2n) is 7.09. The first-order valence-corrected chi connectivity index (χ1v) is 9.63. The Bertz CT molecular complexity index is 772. The highest BCUT2D eigenvalue weighted by atomic mass is 16.2. The molecule has 0 aromatic heterocycles. The molecule has 0 atom stereocenters. The largest absolute Gasteiger partial charge is 0.324 e. The zero-order chi connectivity index (χ0) is 19.1. The highest BCUT2D eigenvalue weighted by molar-refractivity contribution is 6.10. The van der Waals surface area contributed by atoms with Crippen LogP contribution in [0.15, 0.2) is 54.6 Å². The SMILES string of the molecule is CCCN(CC(=O)Nc1ccccc1C(=O)Nc1ccccc1)CC1CC1. The maximum absolute atomic E-state index is 12.6. The molecule has 0 unspecified atom stereocenters. The van der Waals surface area contributed by atoms with Crippen LogP contribution in [0, 0.1) is 5.92 Å². The van der Waals surface area contributed by atoms with Crippen LogP contribution in [0.4, 0.5) is 11.4 Å². The van der Waals surface area contributed by atoms with E-state index in [0.29, 0.717) is 17.8 Å². The zero-order valence-electron chi connectivity index (χ0n) is 15.8. The van der Waals surface area contributed by atoms with Gasteiger partial charge in [-0.15, -0.1) is 0 Å². The maximum atomic E-state index is 12.6. The van der Waals surface area contributed by atoms with E-state index in [1.54, 1.807) is 18.2 Å². The number of anilines is 2. The number of hydrogen-bond acceptors (Lipinski definition) is 3. The van der Waals surface area contributed by atoms with Gasteiger partial charge in [0.2, 0.25) is 5.91 Å². The molecule has 27 heavy (non-hydrogen) atoms. The van der Waals surface area contributed by atoms with Crippen molar-refractivity contribution >= 4 is 23.2 Å². The van der Waals surface area contributed by atoms with Gasteiger partial charge in [-0.2, -0.15) is 0 Å². The van der Waals surface area contributed by atoms with E-state index in [9.17, 15) is 9.59 Å². The molecular formula is C22H27N3O2. The molecule has 0 heterocycles.